The number of hydrogen-bond acceptors (Lipinski definition) is 10. The highest BCUT2D eigenvalue weighted by molar-refractivity contribution is 7.66. The average molecular weight is 507 g/mol. The van der Waals surface area contributed by atoms with Crippen molar-refractivity contribution in [1.82, 2.24) is 9.55 Å². The summed E-state index contributed by atoms with van der Waals surface area (Å²) in [5, 5.41) is 3.57. The number of H-pyrrole nitrogens is 1. The Morgan fingerprint density at radius 1 is 1.29 bits per heavy atom. The molecule has 1 fully saturated rings. The Bertz CT molecular complexity index is 1140. The van der Waals surface area contributed by atoms with Crippen molar-refractivity contribution in [2.24, 2.45) is 5.11 Å². The molecule has 1 aromatic heterocycles. The number of phosphoric ester groups is 1. The lowest BCUT2D eigenvalue weighted by atomic mass is 9.97. The van der Waals surface area contributed by atoms with Crippen LogP contribution in [0.5, 0.6) is 0 Å². The standard InChI is InChI=1S/C10H16N5O13P3/c1-10(13-14-11)4-6(26-8(10)15-3-2-7(16)12-9(15)17)5-25-30(21,22)28-31(23,24)27-29(18,19)20/h2-3,6,8H,4-5H2,1H3,(H,21,22)(H,23,24)(H,12,16,17)(H2,18,19,20)/t6-,8+,10+/m0/s1. The summed E-state index contributed by atoms with van der Waals surface area (Å²) in [5.74, 6) is 0. The molecule has 1 aliphatic rings. The van der Waals surface area contributed by atoms with Crippen LogP contribution in [0.3, 0.4) is 0 Å². The van der Waals surface area contributed by atoms with Crippen LogP contribution in [0.15, 0.2) is 27.0 Å². The van der Waals surface area contributed by atoms with Crippen LogP contribution in [0, 0.1) is 0 Å². The number of hydrogen-bond donors (Lipinski definition) is 5. The molecule has 0 bridgehead atoms. The zero-order chi connectivity index (χ0) is 23.7. The van der Waals surface area contributed by atoms with Crippen LogP contribution in [-0.4, -0.2) is 47.4 Å². The van der Waals surface area contributed by atoms with E-state index in [0.717, 1.165) is 16.8 Å². The lowest BCUT2D eigenvalue weighted by Gasteiger charge is -2.25. The molecule has 18 nitrogen and oxygen atoms in total. The summed E-state index contributed by atoms with van der Waals surface area (Å²) in [5.41, 5.74) is 5.79. The first kappa shape index (κ1) is 25.6. The molecule has 2 rings (SSSR count). The molecule has 0 saturated carbocycles. The van der Waals surface area contributed by atoms with Gasteiger partial charge in [0.05, 0.1) is 18.2 Å². The second kappa shape index (κ2) is 9.08. The molecule has 0 amide bonds. The first-order valence-corrected chi connectivity index (χ1v) is 12.4. The molecule has 2 unspecified atom stereocenters. The summed E-state index contributed by atoms with van der Waals surface area (Å²) < 4.78 is 51.8. The fourth-order valence-electron chi connectivity index (χ4n) is 2.69. The third-order valence-electron chi connectivity index (χ3n) is 3.71. The van der Waals surface area contributed by atoms with Crippen LogP contribution in [0.25, 0.3) is 10.4 Å². The van der Waals surface area contributed by atoms with E-state index in [1.165, 1.54) is 6.92 Å². The second-order valence-electron chi connectivity index (χ2n) is 6.27. The Balaban J connectivity index is 2.16. The van der Waals surface area contributed by atoms with Gasteiger partial charge in [0, 0.05) is 17.2 Å². The van der Waals surface area contributed by atoms with Crippen molar-refractivity contribution < 1.29 is 51.2 Å². The Morgan fingerprint density at radius 2 is 1.94 bits per heavy atom. The van der Waals surface area contributed by atoms with Gasteiger partial charge in [-0.1, -0.05) is 5.11 Å². The van der Waals surface area contributed by atoms with E-state index in [-0.39, 0.29) is 6.42 Å². The van der Waals surface area contributed by atoms with Gasteiger partial charge in [0.25, 0.3) is 5.56 Å². The van der Waals surface area contributed by atoms with Crippen molar-refractivity contribution in [2.45, 2.75) is 31.2 Å². The fourth-order valence-corrected chi connectivity index (χ4v) is 5.74. The SMILES string of the molecule is C[C@@]1(N=[N+]=[N-])C[C@@H](COP(=O)(O)OP(=O)(O)OP(=O)(O)O)O[C@H]1n1ccc(=O)[nH]c1=O. The van der Waals surface area contributed by atoms with Gasteiger partial charge in [-0.05, 0) is 18.9 Å². The van der Waals surface area contributed by atoms with Gasteiger partial charge < -0.3 is 24.3 Å². The highest BCUT2D eigenvalue weighted by atomic mass is 31.3. The van der Waals surface area contributed by atoms with Crippen LogP contribution in [0.4, 0.5) is 0 Å². The summed E-state index contributed by atoms with van der Waals surface area (Å²) >= 11 is 0. The van der Waals surface area contributed by atoms with Gasteiger partial charge in [-0.2, -0.15) is 8.62 Å². The highest BCUT2D eigenvalue weighted by Gasteiger charge is 2.48. The van der Waals surface area contributed by atoms with E-state index in [4.69, 9.17) is 24.9 Å². The molecule has 21 heteroatoms. The largest absolute Gasteiger partial charge is 0.490 e. The van der Waals surface area contributed by atoms with Crippen LogP contribution in [0.1, 0.15) is 19.6 Å². The number of ether oxygens (including phenoxy) is 1. The fraction of sp³-hybridized carbons (Fsp3) is 0.600. The molecule has 5 atom stereocenters. The Morgan fingerprint density at radius 3 is 2.48 bits per heavy atom. The van der Waals surface area contributed by atoms with Gasteiger partial charge in [0.15, 0.2) is 0 Å². The van der Waals surface area contributed by atoms with E-state index >= 15 is 0 Å². The maximum Gasteiger partial charge on any atom is 0.490 e. The molecule has 174 valence electrons. The van der Waals surface area contributed by atoms with E-state index in [9.17, 15) is 28.2 Å². The van der Waals surface area contributed by atoms with Crippen LogP contribution in [0.2, 0.25) is 0 Å². The minimum Gasteiger partial charge on any atom is -0.351 e. The van der Waals surface area contributed by atoms with E-state index in [0.29, 0.717) is 0 Å². The quantitative estimate of drug-likeness (QED) is 0.130. The van der Waals surface area contributed by atoms with E-state index in [2.05, 4.69) is 23.2 Å². The molecule has 31 heavy (non-hydrogen) atoms. The zero-order valence-electron chi connectivity index (χ0n) is 15.3. The molecular weight excluding hydrogens is 491 g/mol. The van der Waals surface area contributed by atoms with Crippen molar-refractivity contribution in [3.8, 4) is 0 Å². The van der Waals surface area contributed by atoms with E-state index in [1.807, 2.05) is 4.98 Å². The Hall–Kier alpha value is -1.64. The highest BCUT2D eigenvalue weighted by Crippen LogP contribution is 2.66. The van der Waals surface area contributed by atoms with Crippen LogP contribution >= 0.6 is 23.5 Å². The van der Waals surface area contributed by atoms with Crippen molar-refractivity contribution in [2.75, 3.05) is 6.61 Å². The minimum atomic E-state index is -5.69. The van der Waals surface area contributed by atoms with Crippen molar-refractivity contribution in [3.05, 3.63) is 43.5 Å². The van der Waals surface area contributed by atoms with Crippen LogP contribution < -0.4 is 11.2 Å². The number of nitrogens with one attached hydrogen (secondary N) is 1. The third-order valence-corrected chi connectivity index (χ3v) is 7.51. The molecule has 0 radical (unpaired) electrons. The first-order chi connectivity index (χ1) is 14.1. The summed E-state index contributed by atoms with van der Waals surface area (Å²) in [4.78, 5) is 63.5. The summed E-state index contributed by atoms with van der Waals surface area (Å²) in [7, 11) is -16.6. The minimum absolute atomic E-state index is 0.178. The first-order valence-electron chi connectivity index (χ1n) is 7.87. The molecule has 0 spiro atoms. The topological polar surface area (TPSA) is 273 Å². The Kier molecular flexibility index (Phi) is 7.50. The predicted molar refractivity (Wildman–Crippen MR) is 97.2 cm³/mol. The lowest BCUT2D eigenvalue weighted by Crippen LogP contribution is -2.39. The maximum absolute atomic E-state index is 12.0. The molecule has 1 aliphatic heterocycles. The molecule has 0 aliphatic carbocycles. The molecule has 0 aromatic carbocycles. The van der Waals surface area contributed by atoms with Gasteiger partial charge in [-0.3, -0.25) is 18.9 Å². The number of azide groups is 1. The summed E-state index contributed by atoms with van der Waals surface area (Å²) in [6.07, 6.45) is -1.52. The number of aromatic nitrogens is 2. The van der Waals surface area contributed by atoms with Gasteiger partial charge in [-0.25, -0.2) is 18.5 Å². The van der Waals surface area contributed by atoms with Gasteiger partial charge in [-0.15, -0.1) is 0 Å². The smallest absolute Gasteiger partial charge is 0.351 e. The average Bonchev–Trinajstić information content (AvgIpc) is 2.86. The molecule has 1 saturated heterocycles. The van der Waals surface area contributed by atoms with Gasteiger partial charge >= 0.3 is 29.2 Å². The lowest BCUT2D eigenvalue weighted by molar-refractivity contribution is -0.0372. The second-order valence-corrected chi connectivity index (χ2v) is 10.7. The monoisotopic (exact) mass is 507 g/mol. The summed E-state index contributed by atoms with van der Waals surface area (Å²) in [6, 6.07) is 1.00. The number of aromatic amines is 1. The molecule has 1 aromatic rings. The van der Waals surface area contributed by atoms with Gasteiger partial charge in [0.1, 0.15) is 6.23 Å². The normalized spacial score (nSPS) is 27.8. The number of rotatable bonds is 9. The molecular formula is C10H16N5O13P3. The van der Waals surface area contributed by atoms with E-state index in [1.54, 1.807) is 0 Å². The molecule has 2 heterocycles. The third kappa shape index (κ3) is 7.19. The van der Waals surface area contributed by atoms with Crippen LogP contribution in [-0.2, 0) is 31.6 Å². The van der Waals surface area contributed by atoms with E-state index < -0.39 is 59.2 Å². The number of nitrogens with zero attached hydrogens (tertiary/aromatic N) is 4. The zero-order valence-corrected chi connectivity index (χ0v) is 18.0. The van der Waals surface area contributed by atoms with Crippen molar-refractivity contribution in [1.29, 1.82) is 0 Å². The van der Waals surface area contributed by atoms with Gasteiger partial charge in [0.2, 0.25) is 0 Å². The van der Waals surface area contributed by atoms with Crippen molar-refractivity contribution in [3.63, 3.8) is 0 Å². The summed E-state index contributed by atoms with van der Waals surface area (Å²) in [6.45, 7) is 0.578. The van der Waals surface area contributed by atoms with Crippen molar-refractivity contribution >= 4 is 23.5 Å². The Labute approximate surface area is 171 Å². The predicted octanol–water partition coefficient (Wildman–Crippen LogP) is 0.236. The maximum atomic E-state index is 12.0. The molecule has 5 N–H and O–H groups in total. The number of phosphoric acid groups is 3.